The fourth-order valence-corrected chi connectivity index (χ4v) is 3.66. The predicted molar refractivity (Wildman–Crippen MR) is 128 cm³/mol. The van der Waals surface area contributed by atoms with Crippen LogP contribution >= 0.6 is 0 Å². The van der Waals surface area contributed by atoms with Crippen molar-refractivity contribution in [3.8, 4) is 5.82 Å². The van der Waals surface area contributed by atoms with Gasteiger partial charge in [0.2, 0.25) is 0 Å². The van der Waals surface area contributed by atoms with Crippen LogP contribution in [0.25, 0.3) is 22.3 Å². The van der Waals surface area contributed by atoms with Crippen LogP contribution in [0.4, 0.5) is 0 Å². The van der Waals surface area contributed by atoms with Crippen molar-refractivity contribution in [2.45, 2.75) is 32.8 Å². The minimum atomic E-state index is 0.621. The smallest absolute Gasteiger partial charge is 0.137 e. The molecular formula is C28H28N2O. The number of aromatic nitrogens is 2. The molecule has 2 aromatic heterocycles. The Morgan fingerprint density at radius 1 is 1.00 bits per heavy atom. The summed E-state index contributed by atoms with van der Waals surface area (Å²) in [6.45, 7) is 3.45. The van der Waals surface area contributed by atoms with Gasteiger partial charge in [-0.05, 0) is 42.3 Å². The van der Waals surface area contributed by atoms with Gasteiger partial charge in [-0.25, -0.2) is 4.98 Å². The number of nitrogens with zero attached hydrogens (tertiary/aromatic N) is 2. The van der Waals surface area contributed by atoms with E-state index in [2.05, 4.69) is 76.8 Å². The van der Waals surface area contributed by atoms with Crippen LogP contribution in [0, 0.1) is 0 Å². The van der Waals surface area contributed by atoms with Gasteiger partial charge in [0.05, 0.1) is 24.4 Å². The van der Waals surface area contributed by atoms with Gasteiger partial charge in [-0.15, -0.1) is 5.73 Å². The Morgan fingerprint density at radius 3 is 2.61 bits per heavy atom. The predicted octanol–water partition coefficient (Wildman–Crippen LogP) is 6.97. The van der Waals surface area contributed by atoms with Gasteiger partial charge in [0.1, 0.15) is 5.82 Å². The van der Waals surface area contributed by atoms with E-state index in [0.29, 0.717) is 13.2 Å². The minimum absolute atomic E-state index is 0.621. The Hall–Kier alpha value is -3.39. The van der Waals surface area contributed by atoms with Gasteiger partial charge < -0.3 is 4.74 Å². The standard InChI is InChI=1S/C28H28N2O/c1-2-3-5-14-24(18-20-31-22-23-12-6-4-7-13-23)27-21-25-15-8-9-16-26(25)30(27)28-17-10-11-19-29-28/h4-13,15-17,19,21H,2-3,18,20,22H2,1H3. The van der Waals surface area contributed by atoms with Gasteiger partial charge in [-0.2, -0.15) is 0 Å². The first-order chi connectivity index (χ1) is 15.4. The Labute approximate surface area is 184 Å². The summed E-state index contributed by atoms with van der Waals surface area (Å²) < 4.78 is 8.23. The maximum atomic E-state index is 6.00. The van der Waals surface area contributed by atoms with Crippen molar-refractivity contribution in [2.75, 3.05) is 6.61 Å². The fraction of sp³-hybridized carbons (Fsp3) is 0.214. The van der Waals surface area contributed by atoms with E-state index in [9.17, 15) is 0 Å². The second-order valence-electron chi connectivity index (χ2n) is 7.52. The van der Waals surface area contributed by atoms with E-state index in [4.69, 9.17) is 4.74 Å². The van der Waals surface area contributed by atoms with Gasteiger partial charge >= 0.3 is 0 Å². The number of benzene rings is 2. The second-order valence-corrected chi connectivity index (χ2v) is 7.52. The zero-order chi connectivity index (χ0) is 21.3. The van der Waals surface area contributed by atoms with Crippen molar-refractivity contribution in [1.29, 1.82) is 0 Å². The molecule has 3 nitrogen and oxygen atoms in total. The number of ether oxygens (including phenoxy) is 1. The number of pyridine rings is 1. The average molecular weight is 409 g/mol. The number of hydrogen-bond acceptors (Lipinski definition) is 2. The molecule has 3 heteroatoms. The lowest BCUT2D eigenvalue weighted by Gasteiger charge is -2.12. The first kappa shape index (κ1) is 20.9. The molecule has 0 saturated carbocycles. The topological polar surface area (TPSA) is 27.1 Å². The van der Waals surface area contributed by atoms with Crippen LogP contribution in [0.5, 0.6) is 0 Å². The number of hydrogen-bond donors (Lipinski definition) is 0. The molecule has 0 radical (unpaired) electrons. The Bertz CT molecular complexity index is 1170. The number of rotatable bonds is 9. The molecule has 31 heavy (non-hydrogen) atoms. The van der Waals surface area contributed by atoms with E-state index >= 15 is 0 Å². The molecule has 0 amide bonds. The summed E-state index contributed by atoms with van der Waals surface area (Å²) >= 11 is 0. The molecule has 0 atom stereocenters. The maximum Gasteiger partial charge on any atom is 0.137 e. The third kappa shape index (κ3) is 5.21. The van der Waals surface area contributed by atoms with Crippen molar-refractivity contribution in [1.82, 2.24) is 9.55 Å². The highest BCUT2D eigenvalue weighted by molar-refractivity contribution is 5.87. The first-order valence-electron chi connectivity index (χ1n) is 10.9. The van der Waals surface area contributed by atoms with Crippen molar-refractivity contribution < 1.29 is 4.74 Å². The molecule has 4 aromatic rings. The number of fused-ring (bicyclic) bond motifs is 1. The fourth-order valence-electron chi connectivity index (χ4n) is 3.66. The van der Waals surface area contributed by atoms with Gasteiger partial charge in [-0.3, -0.25) is 4.57 Å². The van der Waals surface area contributed by atoms with Crippen molar-refractivity contribution in [2.24, 2.45) is 0 Å². The third-order valence-corrected chi connectivity index (χ3v) is 5.22. The van der Waals surface area contributed by atoms with Gasteiger partial charge in [-0.1, -0.05) is 67.9 Å². The largest absolute Gasteiger partial charge is 0.376 e. The lowest BCUT2D eigenvalue weighted by Crippen LogP contribution is -2.03. The Kier molecular flexibility index (Phi) is 7.12. The molecule has 0 aliphatic heterocycles. The molecule has 0 fully saturated rings. The maximum absolute atomic E-state index is 6.00. The van der Waals surface area contributed by atoms with Crippen molar-refractivity contribution in [3.05, 3.63) is 108 Å². The van der Waals surface area contributed by atoms with Crippen LogP contribution in [-0.2, 0) is 11.3 Å². The second kappa shape index (κ2) is 10.6. The van der Waals surface area contributed by atoms with Crippen LogP contribution < -0.4 is 0 Å². The van der Waals surface area contributed by atoms with Crippen LogP contribution in [0.2, 0.25) is 0 Å². The number of para-hydroxylation sites is 1. The summed E-state index contributed by atoms with van der Waals surface area (Å²) in [6.07, 6.45) is 6.89. The lowest BCUT2D eigenvalue weighted by atomic mass is 10.1. The molecule has 4 rings (SSSR count). The van der Waals surface area contributed by atoms with Crippen molar-refractivity contribution in [3.63, 3.8) is 0 Å². The quantitative estimate of drug-likeness (QED) is 0.221. The van der Waals surface area contributed by atoms with Crippen LogP contribution in [0.3, 0.4) is 0 Å². The SMILES string of the molecule is CCCC=C=C(CCOCc1ccccc1)c1cc2ccccc2n1-c1ccccn1. The molecule has 0 bridgehead atoms. The third-order valence-electron chi connectivity index (χ3n) is 5.22. The summed E-state index contributed by atoms with van der Waals surface area (Å²) in [7, 11) is 0. The molecule has 0 N–H and O–H groups in total. The number of unbranched alkanes of at least 4 members (excludes halogenated alkanes) is 1. The summed E-state index contributed by atoms with van der Waals surface area (Å²) in [5.41, 5.74) is 8.17. The highest BCUT2D eigenvalue weighted by atomic mass is 16.5. The summed E-state index contributed by atoms with van der Waals surface area (Å²) in [5.74, 6) is 0.915. The summed E-state index contributed by atoms with van der Waals surface area (Å²) in [6, 6.07) is 27.0. The normalized spacial score (nSPS) is 10.7. The summed E-state index contributed by atoms with van der Waals surface area (Å²) in [4.78, 5) is 4.63. The molecule has 2 heterocycles. The zero-order valence-electron chi connectivity index (χ0n) is 18.0. The van der Waals surface area contributed by atoms with Gasteiger partial charge in [0, 0.05) is 23.6 Å². The van der Waals surface area contributed by atoms with E-state index in [1.807, 2.05) is 36.5 Å². The molecule has 156 valence electrons. The van der Waals surface area contributed by atoms with E-state index in [1.165, 1.54) is 10.9 Å². The van der Waals surface area contributed by atoms with Crippen LogP contribution in [0.1, 0.15) is 37.4 Å². The van der Waals surface area contributed by atoms with E-state index in [0.717, 1.165) is 41.9 Å². The molecule has 2 aromatic carbocycles. The average Bonchev–Trinajstić information content (AvgIpc) is 3.21. The molecule has 0 unspecified atom stereocenters. The minimum Gasteiger partial charge on any atom is -0.376 e. The molecule has 0 aliphatic carbocycles. The highest BCUT2D eigenvalue weighted by Crippen LogP contribution is 2.29. The molecular weight excluding hydrogens is 380 g/mol. The first-order valence-corrected chi connectivity index (χ1v) is 10.9. The lowest BCUT2D eigenvalue weighted by molar-refractivity contribution is 0.126. The van der Waals surface area contributed by atoms with E-state index in [-0.39, 0.29) is 0 Å². The Balaban J connectivity index is 1.66. The zero-order valence-corrected chi connectivity index (χ0v) is 18.0. The van der Waals surface area contributed by atoms with E-state index < -0.39 is 0 Å². The highest BCUT2D eigenvalue weighted by Gasteiger charge is 2.14. The van der Waals surface area contributed by atoms with Gasteiger partial charge in [0.15, 0.2) is 0 Å². The molecule has 0 saturated heterocycles. The summed E-state index contributed by atoms with van der Waals surface area (Å²) in [5, 5.41) is 1.20. The molecule has 0 spiro atoms. The monoisotopic (exact) mass is 408 g/mol. The van der Waals surface area contributed by atoms with Crippen LogP contribution in [0.15, 0.2) is 96.9 Å². The van der Waals surface area contributed by atoms with Crippen LogP contribution in [-0.4, -0.2) is 16.2 Å². The van der Waals surface area contributed by atoms with E-state index in [1.54, 1.807) is 0 Å². The van der Waals surface area contributed by atoms with Crippen molar-refractivity contribution >= 4 is 16.5 Å². The Morgan fingerprint density at radius 2 is 1.81 bits per heavy atom. The van der Waals surface area contributed by atoms with Gasteiger partial charge in [0.25, 0.3) is 0 Å². The molecule has 0 aliphatic rings.